The number of nitrogens with one attached hydrogen (secondary N) is 1. The summed E-state index contributed by atoms with van der Waals surface area (Å²) in [6, 6.07) is 79.0. The van der Waals surface area contributed by atoms with E-state index in [1.165, 1.54) is 21.5 Å². The number of aliphatic imine (C=N–C) groups is 1. The molecule has 9 aromatic carbocycles. The van der Waals surface area contributed by atoms with E-state index in [9.17, 15) is 0 Å². The normalized spacial score (nSPS) is 13.6. The first-order valence-electron chi connectivity index (χ1n) is 21.0. The van der Waals surface area contributed by atoms with Crippen LogP contribution in [0.1, 0.15) is 22.9 Å². The first kappa shape index (κ1) is 36.8. The van der Waals surface area contributed by atoms with E-state index in [-0.39, 0.29) is 6.17 Å². The smallest absolute Gasteiger partial charge is 0.161 e. The number of nitrogens with zero attached hydrogens (tertiary/aromatic N) is 3. The molecule has 0 saturated carbocycles. The SMILES string of the molecule is C1=C(c2ccccc2)NC(c2ccc(-c3ccccc3-c3nc(-c4ccccc4)cc(-c4ccccc4)n3)c(-c3cc4ccccc4c4ccccc34)c2)N=C1c1ccccc1. The largest absolute Gasteiger partial charge is 0.360 e. The van der Waals surface area contributed by atoms with Crippen LogP contribution in [0.3, 0.4) is 0 Å². The summed E-state index contributed by atoms with van der Waals surface area (Å²) in [5, 5.41) is 8.64. The van der Waals surface area contributed by atoms with Gasteiger partial charge < -0.3 is 5.32 Å². The van der Waals surface area contributed by atoms with E-state index in [4.69, 9.17) is 15.0 Å². The Hall–Kier alpha value is -8.21. The van der Waals surface area contributed by atoms with Gasteiger partial charge in [0.05, 0.1) is 17.1 Å². The number of hydrogen-bond acceptors (Lipinski definition) is 4. The summed E-state index contributed by atoms with van der Waals surface area (Å²) in [4.78, 5) is 16.0. The van der Waals surface area contributed by atoms with Gasteiger partial charge in [-0.3, -0.25) is 4.99 Å². The molecule has 1 aromatic heterocycles. The molecule has 0 spiro atoms. The van der Waals surface area contributed by atoms with Crippen LogP contribution in [0.5, 0.6) is 0 Å². The zero-order valence-electron chi connectivity index (χ0n) is 33.9. The highest BCUT2D eigenvalue weighted by Crippen LogP contribution is 2.44. The molecule has 62 heavy (non-hydrogen) atoms. The Kier molecular flexibility index (Phi) is 9.56. The molecule has 292 valence electrons. The molecule has 1 atom stereocenters. The Morgan fingerprint density at radius 1 is 0.355 bits per heavy atom. The third kappa shape index (κ3) is 7.04. The number of rotatable bonds is 8. The highest BCUT2D eigenvalue weighted by molar-refractivity contribution is 6.15. The number of aromatic nitrogens is 2. The lowest BCUT2D eigenvalue weighted by molar-refractivity contribution is 0.664. The molecule has 11 rings (SSSR count). The van der Waals surface area contributed by atoms with Crippen molar-refractivity contribution in [2.75, 3.05) is 0 Å². The molecular formula is C58H40N4. The Morgan fingerprint density at radius 3 is 1.53 bits per heavy atom. The first-order chi connectivity index (χ1) is 30.7. The van der Waals surface area contributed by atoms with Crippen LogP contribution in [-0.4, -0.2) is 15.7 Å². The lowest BCUT2D eigenvalue weighted by Gasteiger charge is -2.26. The third-order valence-electron chi connectivity index (χ3n) is 11.7. The van der Waals surface area contributed by atoms with Gasteiger partial charge in [0.25, 0.3) is 0 Å². The molecule has 4 nitrogen and oxygen atoms in total. The zero-order valence-corrected chi connectivity index (χ0v) is 33.9. The molecule has 0 radical (unpaired) electrons. The first-order valence-corrected chi connectivity index (χ1v) is 21.0. The quantitative estimate of drug-likeness (QED) is 0.156. The summed E-state index contributed by atoms with van der Waals surface area (Å²) >= 11 is 0. The predicted octanol–water partition coefficient (Wildman–Crippen LogP) is 14.3. The van der Waals surface area contributed by atoms with Gasteiger partial charge in [-0.25, -0.2) is 9.97 Å². The van der Waals surface area contributed by atoms with Crippen LogP contribution in [0, 0.1) is 0 Å². The van der Waals surface area contributed by atoms with Gasteiger partial charge in [-0.1, -0.05) is 206 Å². The van der Waals surface area contributed by atoms with Gasteiger partial charge in [-0.2, -0.15) is 0 Å². The van der Waals surface area contributed by atoms with E-state index in [1.807, 2.05) is 18.2 Å². The third-order valence-corrected chi connectivity index (χ3v) is 11.7. The van der Waals surface area contributed by atoms with Crippen molar-refractivity contribution in [2.45, 2.75) is 6.17 Å². The second kappa shape index (κ2) is 16.1. The molecule has 2 heterocycles. The molecule has 1 unspecified atom stereocenters. The Balaban J connectivity index is 1.14. The molecule has 1 aliphatic rings. The standard InChI is InChI=1S/C58H40N4/c1-5-19-39(20-6-1)53-37-54(40-21-7-2-8-22-40)60-57(59-53)44-33-34-49(52(36-44)51-35-43-27-13-14-28-45(43)46-29-15-16-31-48(46)51)47-30-17-18-32-50(47)58-61-55(41-23-9-3-10-24-41)38-56(62-58)42-25-11-4-12-26-42/h1-38,57,59H. The predicted molar refractivity (Wildman–Crippen MR) is 257 cm³/mol. The monoisotopic (exact) mass is 792 g/mol. The number of benzene rings is 9. The van der Waals surface area contributed by atoms with Crippen LogP contribution in [0.2, 0.25) is 0 Å². The Morgan fingerprint density at radius 2 is 0.871 bits per heavy atom. The molecule has 0 bridgehead atoms. The lowest BCUT2D eigenvalue weighted by atomic mass is 9.86. The number of fused-ring (bicyclic) bond motifs is 3. The summed E-state index contributed by atoms with van der Waals surface area (Å²) in [5.74, 6) is 0.669. The summed E-state index contributed by atoms with van der Waals surface area (Å²) in [6.45, 7) is 0. The Bertz CT molecular complexity index is 3250. The summed E-state index contributed by atoms with van der Waals surface area (Å²) < 4.78 is 0. The maximum atomic E-state index is 5.40. The van der Waals surface area contributed by atoms with Crippen LogP contribution < -0.4 is 5.32 Å². The molecular weight excluding hydrogens is 753 g/mol. The minimum absolute atomic E-state index is 0.348. The summed E-state index contributed by atoms with van der Waals surface area (Å²) in [7, 11) is 0. The molecule has 1 N–H and O–H groups in total. The van der Waals surface area contributed by atoms with Crippen LogP contribution in [-0.2, 0) is 0 Å². The van der Waals surface area contributed by atoms with Crippen molar-refractivity contribution in [1.82, 2.24) is 15.3 Å². The highest BCUT2D eigenvalue weighted by Gasteiger charge is 2.24. The second-order valence-electron chi connectivity index (χ2n) is 15.6. The molecule has 0 fully saturated rings. The lowest BCUT2D eigenvalue weighted by Crippen LogP contribution is -2.25. The van der Waals surface area contributed by atoms with Gasteiger partial charge in [0.2, 0.25) is 0 Å². The highest BCUT2D eigenvalue weighted by atomic mass is 15.1. The molecule has 0 aliphatic carbocycles. The van der Waals surface area contributed by atoms with Gasteiger partial charge in [0.1, 0.15) is 6.17 Å². The van der Waals surface area contributed by atoms with E-state index in [2.05, 4.69) is 218 Å². The van der Waals surface area contributed by atoms with Gasteiger partial charge in [0.15, 0.2) is 5.82 Å². The maximum Gasteiger partial charge on any atom is 0.161 e. The molecule has 1 aliphatic heterocycles. The average molecular weight is 793 g/mol. The van der Waals surface area contributed by atoms with Crippen LogP contribution in [0.25, 0.3) is 83.4 Å². The number of allylic oxidation sites excluding steroid dienone is 1. The average Bonchev–Trinajstić information content (AvgIpc) is 3.36. The van der Waals surface area contributed by atoms with Crippen molar-refractivity contribution in [1.29, 1.82) is 0 Å². The van der Waals surface area contributed by atoms with Crippen molar-refractivity contribution in [3.05, 3.63) is 247 Å². The minimum Gasteiger partial charge on any atom is -0.360 e. The molecule has 4 heteroatoms. The van der Waals surface area contributed by atoms with Crippen LogP contribution in [0.15, 0.2) is 236 Å². The summed E-state index contributed by atoms with van der Waals surface area (Å²) in [5.41, 5.74) is 14.4. The van der Waals surface area contributed by atoms with Crippen molar-refractivity contribution < 1.29 is 0 Å². The minimum atomic E-state index is -0.348. The van der Waals surface area contributed by atoms with Crippen molar-refractivity contribution in [3.63, 3.8) is 0 Å². The van der Waals surface area contributed by atoms with Crippen LogP contribution >= 0.6 is 0 Å². The second-order valence-corrected chi connectivity index (χ2v) is 15.6. The van der Waals surface area contributed by atoms with Gasteiger partial charge in [-0.05, 0) is 84.8 Å². The fourth-order valence-corrected chi connectivity index (χ4v) is 8.70. The fraction of sp³-hybridized carbons (Fsp3) is 0.0172. The van der Waals surface area contributed by atoms with E-state index in [0.29, 0.717) is 5.82 Å². The van der Waals surface area contributed by atoms with Crippen molar-refractivity contribution >= 4 is 33.0 Å². The van der Waals surface area contributed by atoms with Crippen LogP contribution in [0.4, 0.5) is 0 Å². The van der Waals surface area contributed by atoms with Crippen molar-refractivity contribution in [3.8, 4) is 56.2 Å². The zero-order chi connectivity index (χ0) is 41.2. The van der Waals surface area contributed by atoms with E-state index >= 15 is 0 Å². The Labute approximate surface area is 361 Å². The van der Waals surface area contributed by atoms with Gasteiger partial charge >= 0.3 is 0 Å². The van der Waals surface area contributed by atoms with E-state index in [1.54, 1.807) is 0 Å². The topological polar surface area (TPSA) is 50.2 Å². The van der Waals surface area contributed by atoms with E-state index in [0.717, 1.165) is 78.4 Å². The number of hydrogen-bond donors (Lipinski definition) is 1. The summed E-state index contributed by atoms with van der Waals surface area (Å²) in [6.07, 6.45) is 1.82. The van der Waals surface area contributed by atoms with Gasteiger partial charge in [-0.15, -0.1) is 0 Å². The maximum absolute atomic E-state index is 5.40. The molecule has 0 amide bonds. The molecule has 10 aromatic rings. The molecule has 0 saturated heterocycles. The van der Waals surface area contributed by atoms with Crippen molar-refractivity contribution in [2.24, 2.45) is 4.99 Å². The van der Waals surface area contributed by atoms with Gasteiger partial charge in [0, 0.05) is 22.4 Å². The van der Waals surface area contributed by atoms with E-state index < -0.39 is 0 Å². The fourth-order valence-electron chi connectivity index (χ4n) is 8.70.